The largest absolute Gasteiger partial charge is 0.464 e. The van der Waals surface area contributed by atoms with Gasteiger partial charge in [0.2, 0.25) is 5.95 Å². The Labute approximate surface area is 138 Å². The Morgan fingerprint density at radius 3 is 2.58 bits per heavy atom. The number of methoxy groups -OCH3 is 1. The molecule has 0 bridgehead atoms. The molecule has 1 aliphatic heterocycles. The molecule has 2 heterocycles. The van der Waals surface area contributed by atoms with E-state index in [9.17, 15) is 9.59 Å². The number of anilines is 1. The van der Waals surface area contributed by atoms with E-state index in [0.29, 0.717) is 0 Å². The van der Waals surface area contributed by atoms with Gasteiger partial charge < -0.3 is 10.1 Å². The lowest BCUT2D eigenvalue weighted by Crippen LogP contribution is -2.32. The Morgan fingerprint density at radius 1 is 1.29 bits per heavy atom. The van der Waals surface area contributed by atoms with Gasteiger partial charge in [-0.15, -0.1) is 0 Å². The third kappa shape index (κ3) is 2.55. The van der Waals surface area contributed by atoms with Crippen LogP contribution >= 0.6 is 0 Å². The summed E-state index contributed by atoms with van der Waals surface area (Å²) in [5, 5.41) is 14.3. The average molecular weight is 327 g/mol. The third-order valence-electron chi connectivity index (χ3n) is 3.99. The average Bonchev–Trinajstić information content (AvgIpc) is 3.07. The molecule has 2 aromatic rings. The van der Waals surface area contributed by atoms with Crippen molar-refractivity contribution >= 4 is 17.7 Å². The highest BCUT2D eigenvalue weighted by atomic mass is 16.5. The first kappa shape index (κ1) is 15.9. The van der Waals surface area contributed by atoms with Gasteiger partial charge in [-0.1, -0.05) is 36.3 Å². The van der Waals surface area contributed by atoms with Crippen molar-refractivity contribution in [3.8, 4) is 0 Å². The van der Waals surface area contributed by atoms with E-state index >= 15 is 0 Å². The van der Waals surface area contributed by atoms with Gasteiger partial charge in [0, 0.05) is 0 Å². The Morgan fingerprint density at radius 2 is 2.00 bits per heavy atom. The van der Waals surface area contributed by atoms with Crippen LogP contribution in [-0.4, -0.2) is 39.1 Å². The number of ketones is 1. The number of tetrazole rings is 1. The number of carbonyl (C=O) groups excluding carboxylic acids is 2. The number of fused-ring (bicyclic) bond motifs is 1. The molecule has 8 heteroatoms. The molecule has 1 atom stereocenters. The van der Waals surface area contributed by atoms with Crippen molar-refractivity contribution in [3.63, 3.8) is 0 Å². The van der Waals surface area contributed by atoms with E-state index in [1.54, 1.807) is 0 Å². The van der Waals surface area contributed by atoms with Crippen molar-refractivity contribution in [2.24, 2.45) is 0 Å². The van der Waals surface area contributed by atoms with Gasteiger partial charge >= 0.3 is 5.97 Å². The van der Waals surface area contributed by atoms with Crippen LogP contribution in [0, 0.1) is 0 Å². The molecule has 3 rings (SSSR count). The maximum atomic E-state index is 12.3. The number of nitrogens with zero attached hydrogens (tertiary/aromatic N) is 4. The summed E-state index contributed by atoms with van der Waals surface area (Å²) < 4.78 is 6.28. The van der Waals surface area contributed by atoms with Crippen molar-refractivity contribution in [3.05, 3.63) is 46.7 Å². The highest BCUT2D eigenvalue weighted by Gasteiger charge is 2.36. The van der Waals surface area contributed by atoms with Gasteiger partial charge in [-0.2, -0.15) is 4.68 Å². The molecule has 0 saturated carbocycles. The van der Waals surface area contributed by atoms with Crippen LogP contribution < -0.4 is 5.32 Å². The van der Waals surface area contributed by atoms with Gasteiger partial charge in [-0.25, -0.2) is 4.79 Å². The predicted molar refractivity (Wildman–Crippen MR) is 85.1 cm³/mol. The van der Waals surface area contributed by atoms with Crippen LogP contribution in [-0.2, 0) is 20.7 Å². The van der Waals surface area contributed by atoms with Crippen LogP contribution in [0.5, 0.6) is 0 Å². The van der Waals surface area contributed by atoms with Crippen LogP contribution in [0.1, 0.15) is 31.0 Å². The fourth-order valence-corrected chi connectivity index (χ4v) is 2.76. The number of esters is 1. The standard InChI is InChI=1S/C16H17N5O3/c1-4-10-5-7-11(8-6-10)14-12(9(2)22)13(15(23)24-3)17-16-18-19-20-21(14)16/h5-8,14H,4H2,1-3H3,(H,17,18,20)/t14-/m0/s1. The van der Waals surface area contributed by atoms with Gasteiger partial charge in [0.1, 0.15) is 11.7 Å². The summed E-state index contributed by atoms with van der Waals surface area (Å²) >= 11 is 0. The number of benzene rings is 1. The van der Waals surface area contributed by atoms with Crippen LogP contribution in [0.25, 0.3) is 0 Å². The molecule has 0 radical (unpaired) electrons. The summed E-state index contributed by atoms with van der Waals surface area (Å²) in [6.07, 6.45) is 0.908. The summed E-state index contributed by atoms with van der Waals surface area (Å²) in [6, 6.07) is 7.21. The van der Waals surface area contributed by atoms with Crippen molar-refractivity contribution in [2.75, 3.05) is 12.4 Å². The number of rotatable bonds is 4. The third-order valence-corrected chi connectivity index (χ3v) is 3.99. The normalized spacial score (nSPS) is 16.4. The van der Waals surface area contributed by atoms with Crippen molar-refractivity contribution < 1.29 is 14.3 Å². The van der Waals surface area contributed by atoms with Gasteiger partial charge in [0.15, 0.2) is 5.78 Å². The van der Waals surface area contributed by atoms with E-state index in [1.807, 2.05) is 24.3 Å². The van der Waals surface area contributed by atoms with Crippen LogP contribution in [0.3, 0.4) is 0 Å². The Balaban J connectivity index is 2.20. The molecule has 124 valence electrons. The van der Waals surface area contributed by atoms with E-state index in [2.05, 4.69) is 27.8 Å². The highest BCUT2D eigenvalue weighted by Crippen LogP contribution is 2.35. The first-order valence-electron chi connectivity index (χ1n) is 7.54. The molecule has 8 nitrogen and oxygen atoms in total. The summed E-state index contributed by atoms with van der Waals surface area (Å²) in [6.45, 7) is 3.47. The second-order valence-corrected chi connectivity index (χ2v) is 5.41. The van der Waals surface area contributed by atoms with Crippen LogP contribution in [0.15, 0.2) is 35.5 Å². The van der Waals surface area contributed by atoms with Crippen molar-refractivity contribution in [1.82, 2.24) is 20.2 Å². The molecule has 24 heavy (non-hydrogen) atoms. The molecule has 1 aliphatic rings. The molecule has 0 amide bonds. The fourth-order valence-electron chi connectivity index (χ4n) is 2.76. The Bertz CT molecular complexity index is 822. The maximum absolute atomic E-state index is 12.3. The molecule has 0 unspecified atom stereocenters. The first-order chi connectivity index (χ1) is 11.6. The van der Waals surface area contributed by atoms with Crippen molar-refractivity contribution in [2.45, 2.75) is 26.3 Å². The highest BCUT2D eigenvalue weighted by molar-refractivity contribution is 6.05. The molecule has 1 aromatic heterocycles. The van der Waals surface area contributed by atoms with Crippen LogP contribution in [0.2, 0.25) is 0 Å². The van der Waals surface area contributed by atoms with Gasteiger partial charge in [0.25, 0.3) is 0 Å². The van der Waals surface area contributed by atoms with Crippen molar-refractivity contribution in [1.29, 1.82) is 0 Å². The number of hydrogen-bond donors (Lipinski definition) is 1. The maximum Gasteiger partial charge on any atom is 0.355 e. The number of aromatic nitrogens is 4. The van der Waals surface area contributed by atoms with E-state index in [1.165, 1.54) is 24.3 Å². The SMILES string of the molecule is CCc1ccc([C@H]2C(C(C)=O)=C(C(=O)OC)Nc3nnnn32)cc1. The number of hydrogen-bond acceptors (Lipinski definition) is 7. The van der Waals surface area contributed by atoms with Gasteiger partial charge in [-0.3, -0.25) is 4.79 Å². The minimum atomic E-state index is -0.635. The summed E-state index contributed by atoms with van der Waals surface area (Å²) in [7, 11) is 1.26. The zero-order chi connectivity index (χ0) is 17.3. The molecule has 0 saturated heterocycles. The predicted octanol–water partition coefficient (Wildman–Crippen LogP) is 1.27. The number of ether oxygens (including phenoxy) is 1. The molecule has 1 N–H and O–H groups in total. The number of Topliss-reactive ketones (excluding diaryl/α,β-unsaturated/α-hetero) is 1. The van der Waals surface area contributed by atoms with E-state index in [-0.39, 0.29) is 23.0 Å². The number of carbonyl (C=O) groups is 2. The van der Waals surface area contributed by atoms with Gasteiger partial charge in [-0.05, 0) is 34.9 Å². The Kier molecular flexibility index (Phi) is 4.11. The van der Waals surface area contributed by atoms with Crippen LogP contribution in [0.4, 0.5) is 5.95 Å². The minimum absolute atomic E-state index is 0.0665. The number of nitrogens with one attached hydrogen (secondary N) is 1. The quantitative estimate of drug-likeness (QED) is 0.844. The van der Waals surface area contributed by atoms with E-state index in [0.717, 1.165) is 12.0 Å². The summed E-state index contributed by atoms with van der Waals surface area (Å²) in [5.41, 5.74) is 2.32. The smallest absolute Gasteiger partial charge is 0.355 e. The second-order valence-electron chi connectivity index (χ2n) is 5.41. The molecule has 0 aliphatic carbocycles. The zero-order valence-electron chi connectivity index (χ0n) is 13.6. The molecule has 1 aromatic carbocycles. The number of allylic oxidation sites excluding steroid dienone is 1. The van der Waals surface area contributed by atoms with E-state index < -0.39 is 12.0 Å². The monoisotopic (exact) mass is 327 g/mol. The first-order valence-corrected chi connectivity index (χ1v) is 7.54. The lowest BCUT2D eigenvalue weighted by molar-refractivity contribution is -0.136. The lowest BCUT2D eigenvalue weighted by atomic mass is 9.92. The van der Waals surface area contributed by atoms with E-state index in [4.69, 9.17) is 4.74 Å². The molecular formula is C16H17N5O3. The Hall–Kier alpha value is -3.03. The topological polar surface area (TPSA) is 99.0 Å². The molecule has 0 spiro atoms. The van der Waals surface area contributed by atoms with Gasteiger partial charge in [0.05, 0.1) is 12.7 Å². The lowest BCUT2D eigenvalue weighted by Gasteiger charge is -2.27. The second kappa shape index (κ2) is 6.23. The zero-order valence-corrected chi connectivity index (χ0v) is 13.6. The minimum Gasteiger partial charge on any atom is -0.464 e. The molecule has 0 fully saturated rings. The number of aryl methyl sites for hydroxylation is 1. The summed E-state index contributed by atoms with van der Waals surface area (Å²) in [5.74, 6) is -0.608. The fraction of sp³-hybridized carbons (Fsp3) is 0.312. The molecular weight excluding hydrogens is 310 g/mol. The summed E-state index contributed by atoms with van der Waals surface area (Å²) in [4.78, 5) is 24.4.